The van der Waals surface area contributed by atoms with Gasteiger partial charge in [0.05, 0.1) is 13.2 Å². The van der Waals surface area contributed by atoms with E-state index in [1.54, 1.807) is 0 Å². The average molecular weight is 256 g/mol. The fraction of sp³-hybridized carbons (Fsp3) is 0.294. The maximum Gasteiger partial charge on any atom is 0.119 e. The molecular formula is C17H20O2. The molecule has 0 atom stereocenters. The SMILES string of the molecule is OCc1ccc(OCCCCc2ccccc2)cc1. The first-order chi connectivity index (χ1) is 9.38. The second-order valence-corrected chi connectivity index (χ2v) is 4.59. The number of hydrogen-bond donors (Lipinski definition) is 1. The molecule has 0 bridgehead atoms. The van der Waals surface area contributed by atoms with Crippen LogP contribution in [0.3, 0.4) is 0 Å². The summed E-state index contributed by atoms with van der Waals surface area (Å²) in [6.07, 6.45) is 3.29. The Bertz CT molecular complexity index is 462. The van der Waals surface area contributed by atoms with Gasteiger partial charge in [-0.3, -0.25) is 0 Å². The summed E-state index contributed by atoms with van der Waals surface area (Å²) in [6, 6.07) is 18.1. The standard InChI is InChI=1S/C17H20O2/c18-14-16-9-11-17(12-10-16)19-13-5-4-8-15-6-2-1-3-7-15/h1-3,6-7,9-12,18H,4-5,8,13-14H2. The van der Waals surface area contributed by atoms with E-state index in [-0.39, 0.29) is 6.61 Å². The molecule has 0 saturated heterocycles. The predicted octanol–water partition coefficient (Wildman–Crippen LogP) is 3.58. The van der Waals surface area contributed by atoms with Crippen molar-refractivity contribution in [3.63, 3.8) is 0 Å². The lowest BCUT2D eigenvalue weighted by Crippen LogP contribution is -1.98. The predicted molar refractivity (Wildman–Crippen MR) is 77.2 cm³/mol. The quantitative estimate of drug-likeness (QED) is 0.767. The molecule has 0 spiro atoms. The van der Waals surface area contributed by atoms with Crippen LogP contribution in [0.2, 0.25) is 0 Å². The van der Waals surface area contributed by atoms with Crippen LogP contribution in [0.5, 0.6) is 5.75 Å². The van der Waals surface area contributed by atoms with E-state index in [1.807, 2.05) is 30.3 Å². The van der Waals surface area contributed by atoms with Crippen LogP contribution in [0.25, 0.3) is 0 Å². The summed E-state index contributed by atoms with van der Waals surface area (Å²) in [5.41, 5.74) is 2.30. The van der Waals surface area contributed by atoms with E-state index in [4.69, 9.17) is 9.84 Å². The molecule has 2 aromatic carbocycles. The maximum absolute atomic E-state index is 8.94. The van der Waals surface area contributed by atoms with Crippen LogP contribution in [0.1, 0.15) is 24.0 Å². The van der Waals surface area contributed by atoms with Crippen LogP contribution in [0, 0.1) is 0 Å². The van der Waals surface area contributed by atoms with Crippen molar-refractivity contribution >= 4 is 0 Å². The average Bonchev–Trinajstić information content (AvgIpc) is 2.49. The minimum absolute atomic E-state index is 0.0807. The fourth-order valence-corrected chi connectivity index (χ4v) is 1.96. The second-order valence-electron chi connectivity index (χ2n) is 4.59. The number of unbranched alkanes of at least 4 members (excludes halogenated alkanes) is 1. The van der Waals surface area contributed by atoms with Crippen LogP contribution in [-0.2, 0) is 13.0 Å². The Labute approximate surface area is 114 Å². The summed E-state index contributed by atoms with van der Waals surface area (Å²) < 4.78 is 5.66. The molecule has 0 aliphatic heterocycles. The molecule has 100 valence electrons. The van der Waals surface area contributed by atoms with E-state index in [2.05, 4.69) is 24.3 Å². The molecule has 0 aromatic heterocycles. The van der Waals surface area contributed by atoms with Crippen LogP contribution in [0.15, 0.2) is 54.6 Å². The van der Waals surface area contributed by atoms with Gasteiger partial charge < -0.3 is 9.84 Å². The van der Waals surface area contributed by atoms with Gasteiger partial charge in [-0.15, -0.1) is 0 Å². The minimum Gasteiger partial charge on any atom is -0.494 e. The molecule has 0 amide bonds. The molecule has 0 radical (unpaired) electrons. The first-order valence-corrected chi connectivity index (χ1v) is 6.75. The van der Waals surface area contributed by atoms with Gasteiger partial charge in [-0.2, -0.15) is 0 Å². The second kappa shape index (κ2) is 7.59. The van der Waals surface area contributed by atoms with Gasteiger partial charge in [0.25, 0.3) is 0 Å². The Hall–Kier alpha value is -1.80. The third-order valence-corrected chi connectivity index (χ3v) is 3.08. The molecule has 2 aromatic rings. The molecule has 2 nitrogen and oxygen atoms in total. The smallest absolute Gasteiger partial charge is 0.119 e. The number of aryl methyl sites for hydroxylation is 1. The third-order valence-electron chi connectivity index (χ3n) is 3.08. The van der Waals surface area contributed by atoms with Gasteiger partial charge in [-0.1, -0.05) is 42.5 Å². The van der Waals surface area contributed by atoms with E-state index in [9.17, 15) is 0 Å². The Kier molecular flexibility index (Phi) is 5.45. The minimum atomic E-state index is 0.0807. The van der Waals surface area contributed by atoms with Gasteiger partial charge in [-0.05, 0) is 42.5 Å². The van der Waals surface area contributed by atoms with Crippen molar-refractivity contribution in [3.8, 4) is 5.75 Å². The zero-order valence-electron chi connectivity index (χ0n) is 11.1. The fourth-order valence-electron chi connectivity index (χ4n) is 1.96. The highest BCUT2D eigenvalue weighted by Gasteiger charge is 1.96. The Morgan fingerprint density at radius 3 is 2.21 bits per heavy atom. The lowest BCUT2D eigenvalue weighted by Gasteiger charge is -2.06. The summed E-state index contributed by atoms with van der Waals surface area (Å²) in [5.74, 6) is 0.872. The number of benzene rings is 2. The molecule has 1 N–H and O–H groups in total. The van der Waals surface area contributed by atoms with Gasteiger partial charge in [0.2, 0.25) is 0 Å². The highest BCUT2D eigenvalue weighted by Crippen LogP contribution is 2.13. The summed E-state index contributed by atoms with van der Waals surface area (Å²) in [5, 5.41) is 8.94. The third kappa shape index (κ3) is 4.76. The van der Waals surface area contributed by atoms with Gasteiger partial charge >= 0.3 is 0 Å². The molecule has 0 fully saturated rings. The molecule has 0 aliphatic rings. The van der Waals surface area contributed by atoms with Crippen molar-refractivity contribution in [1.82, 2.24) is 0 Å². The van der Waals surface area contributed by atoms with Crippen LogP contribution in [0.4, 0.5) is 0 Å². The Balaban J connectivity index is 1.63. The first kappa shape index (κ1) is 13.6. The van der Waals surface area contributed by atoms with E-state index in [1.165, 1.54) is 5.56 Å². The van der Waals surface area contributed by atoms with E-state index in [0.29, 0.717) is 0 Å². The van der Waals surface area contributed by atoms with Crippen molar-refractivity contribution < 1.29 is 9.84 Å². The number of hydrogen-bond acceptors (Lipinski definition) is 2. The van der Waals surface area contributed by atoms with E-state index in [0.717, 1.165) is 37.2 Å². The van der Waals surface area contributed by atoms with Gasteiger partial charge in [0, 0.05) is 0 Å². The van der Waals surface area contributed by atoms with Crippen molar-refractivity contribution in [3.05, 3.63) is 65.7 Å². The van der Waals surface area contributed by atoms with Crippen molar-refractivity contribution in [2.24, 2.45) is 0 Å². The molecule has 19 heavy (non-hydrogen) atoms. The molecular weight excluding hydrogens is 236 g/mol. The number of ether oxygens (including phenoxy) is 1. The van der Waals surface area contributed by atoms with Crippen molar-refractivity contribution in [2.75, 3.05) is 6.61 Å². The number of rotatable bonds is 7. The normalized spacial score (nSPS) is 10.4. The van der Waals surface area contributed by atoms with Crippen LogP contribution >= 0.6 is 0 Å². The molecule has 0 saturated carbocycles. The highest BCUT2D eigenvalue weighted by atomic mass is 16.5. The molecule has 0 unspecified atom stereocenters. The molecule has 2 heteroatoms. The lowest BCUT2D eigenvalue weighted by molar-refractivity contribution is 0.281. The first-order valence-electron chi connectivity index (χ1n) is 6.75. The molecule has 0 heterocycles. The zero-order valence-corrected chi connectivity index (χ0v) is 11.1. The number of aliphatic hydroxyl groups is 1. The summed E-state index contributed by atoms with van der Waals surface area (Å²) in [6.45, 7) is 0.822. The van der Waals surface area contributed by atoms with Gasteiger partial charge in [-0.25, -0.2) is 0 Å². The van der Waals surface area contributed by atoms with Crippen molar-refractivity contribution in [2.45, 2.75) is 25.9 Å². The molecule has 2 rings (SSSR count). The van der Waals surface area contributed by atoms with E-state index >= 15 is 0 Å². The summed E-state index contributed by atoms with van der Waals surface area (Å²) in [7, 11) is 0. The monoisotopic (exact) mass is 256 g/mol. The summed E-state index contributed by atoms with van der Waals surface area (Å²) >= 11 is 0. The van der Waals surface area contributed by atoms with Gasteiger partial charge in [0.1, 0.15) is 5.75 Å². The number of aliphatic hydroxyl groups excluding tert-OH is 1. The van der Waals surface area contributed by atoms with Crippen LogP contribution in [-0.4, -0.2) is 11.7 Å². The Morgan fingerprint density at radius 1 is 0.789 bits per heavy atom. The van der Waals surface area contributed by atoms with E-state index < -0.39 is 0 Å². The van der Waals surface area contributed by atoms with Gasteiger partial charge in [0.15, 0.2) is 0 Å². The topological polar surface area (TPSA) is 29.5 Å². The Morgan fingerprint density at radius 2 is 1.53 bits per heavy atom. The van der Waals surface area contributed by atoms with Crippen molar-refractivity contribution in [1.29, 1.82) is 0 Å². The zero-order chi connectivity index (χ0) is 13.3. The maximum atomic E-state index is 8.94. The summed E-state index contributed by atoms with van der Waals surface area (Å²) in [4.78, 5) is 0. The molecule has 0 aliphatic carbocycles. The van der Waals surface area contributed by atoms with Crippen LogP contribution < -0.4 is 4.74 Å². The lowest BCUT2D eigenvalue weighted by atomic mass is 10.1. The highest BCUT2D eigenvalue weighted by molar-refractivity contribution is 5.26. The largest absolute Gasteiger partial charge is 0.494 e.